The van der Waals surface area contributed by atoms with Crippen molar-refractivity contribution < 1.29 is 14.3 Å². The highest BCUT2D eigenvalue weighted by Gasteiger charge is 2.13. The van der Waals surface area contributed by atoms with Gasteiger partial charge in [-0.15, -0.1) is 11.3 Å². The average molecular weight is 464 g/mol. The third-order valence-corrected chi connectivity index (χ3v) is 5.62. The number of carbonyl (C=O) groups is 2. The van der Waals surface area contributed by atoms with Crippen LogP contribution in [0.1, 0.15) is 25.7 Å². The average Bonchev–Trinajstić information content (AvgIpc) is 3.35. The van der Waals surface area contributed by atoms with Gasteiger partial charge in [-0.05, 0) is 53.9 Å². The highest BCUT2D eigenvalue weighted by molar-refractivity contribution is 7.12. The van der Waals surface area contributed by atoms with Gasteiger partial charge in [0.1, 0.15) is 12.4 Å². The Bertz CT molecular complexity index is 1230. The van der Waals surface area contributed by atoms with Crippen molar-refractivity contribution in [3.63, 3.8) is 0 Å². The summed E-state index contributed by atoms with van der Waals surface area (Å²) in [5, 5.41) is 7.74. The van der Waals surface area contributed by atoms with Crippen molar-refractivity contribution in [2.75, 3.05) is 10.6 Å². The lowest BCUT2D eigenvalue weighted by atomic mass is 10.1. The van der Waals surface area contributed by atoms with Crippen LogP contribution in [0.2, 0.25) is 5.02 Å². The first-order valence-corrected chi connectivity index (χ1v) is 10.9. The Kier molecular flexibility index (Phi) is 6.79. The first-order chi connectivity index (χ1) is 15.6. The predicted octanol–water partition coefficient (Wildman–Crippen LogP) is 5.88. The molecule has 0 saturated heterocycles. The van der Waals surface area contributed by atoms with Crippen molar-refractivity contribution in [1.82, 2.24) is 4.98 Å². The number of rotatable bonds is 7. The Labute approximate surface area is 193 Å². The van der Waals surface area contributed by atoms with Gasteiger partial charge in [0.05, 0.1) is 21.3 Å². The van der Waals surface area contributed by atoms with Crippen molar-refractivity contribution in [3.05, 3.63) is 106 Å². The Hall–Kier alpha value is -3.68. The van der Waals surface area contributed by atoms with E-state index in [0.717, 1.165) is 5.69 Å². The zero-order valence-corrected chi connectivity index (χ0v) is 18.3. The fraction of sp³-hybridized carbons (Fsp3) is 0.0417. The summed E-state index contributed by atoms with van der Waals surface area (Å²) < 4.78 is 5.76. The predicted molar refractivity (Wildman–Crippen MR) is 127 cm³/mol. The SMILES string of the molecule is O=C(Nc1cccc(OCc2ccccn2)c1)c1ccc(Cl)c(NC(=O)c2cccs2)c1. The minimum Gasteiger partial charge on any atom is -0.487 e. The maximum absolute atomic E-state index is 12.8. The molecule has 0 aliphatic heterocycles. The monoisotopic (exact) mass is 463 g/mol. The summed E-state index contributed by atoms with van der Waals surface area (Å²) in [4.78, 5) is 29.9. The second-order valence-electron chi connectivity index (χ2n) is 6.72. The maximum atomic E-state index is 12.8. The van der Waals surface area contributed by atoms with E-state index in [0.29, 0.717) is 39.2 Å². The zero-order chi connectivity index (χ0) is 22.3. The van der Waals surface area contributed by atoms with E-state index in [1.54, 1.807) is 60.8 Å². The number of anilines is 2. The second-order valence-corrected chi connectivity index (χ2v) is 8.07. The van der Waals surface area contributed by atoms with Gasteiger partial charge in [-0.25, -0.2) is 0 Å². The molecule has 4 aromatic rings. The maximum Gasteiger partial charge on any atom is 0.265 e. The number of hydrogen-bond donors (Lipinski definition) is 2. The standard InChI is InChI=1S/C24H18ClN3O3S/c25-20-10-9-16(13-21(20)28-24(30)22-8-4-12-32-22)23(29)27-17-6-3-7-19(14-17)31-15-18-5-1-2-11-26-18/h1-14H,15H2,(H,27,29)(H,28,30). The summed E-state index contributed by atoms with van der Waals surface area (Å²) in [6.07, 6.45) is 1.71. The van der Waals surface area contributed by atoms with Crippen molar-refractivity contribution >= 4 is 46.1 Å². The number of nitrogens with zero attached hydrogens (tertiary/aromatic N) is 1. The van der Waals surface area contributed by atoms with Crippen LogP contribution in [0.15, 0.2) is 84.4 Å². The van der Waals surface area contributed by atoms with Crippen molar-refractivity contribution in [3.8, 4) is 5.75 Å². The molecular formula is C24H18ClN3O3S. The van der Waals surface area contributed by atoms with Gasteiger partial charge < -0.3 is 15.4 Å². The fourth-order valence-corrected chi connectivity index (χ4v) is 3.65. The van der Waals surface area contributed by atoms with Gasteiger partial charge in [0.15, 0.2) is 0 Å². The molecule has 0 bridgehead atoms. The number of thiophene rings is 1. The van der Waals surface area contributed by atoms with Gasteiger partial charge >= 0.3 is 0 Å². The van der Waals surface area contributed by atoms with Gasteiger partial charge in [-0.3, -0.25) is 14.6 Å². The van der Waals surface area contributed by atoms with Crippen LogP contribution in [0.4, 0.5) is 11.4 Å². The van der Waals surface area contributed by atoms with E-state index in [9.17, 15) is 9.59 Å². The summed E-state index contributed by atoms with van der Waals surface area (Å²) in [6, 6.07) is 20.9. The van der Waals surface area contributed by atoms with Crippen LogP contribution < -0.4 is 15.4 Å². The Morgan fingerprint density at radius 2 is 1.84 bits per heavy atom. The van der Waals surface area contributed by atoms with E-state index in [4.69, 9.17) is 16.3 Å². The normalized spacial score (nSPS) is 10.4. The third kappa shape index (κ3) is 5.51. The quantitative estimate of drug-likeness (QED) is 0.358. The molecule has 4 rings (SSSR count). The summed E-state index contributed by atoms with van der Waals surface area (Å²) in [6.45, 7) is 0.322. The molecule has 0 aliphatic rings. The second kappa shape index (κ2) is 10.1. The van der Waals surface area contributed by atoms with Crippen LogP contribution in [0.5, 0.6) is 5.75 Å². The first kappa shape index (κ1) is 21.5. The number of pyridine rings is 1. The van der Waals surface area contributed by atoms with Gasteiger partial charge in [-0.1, -0.05) is 29.8 Å². The smallest absolute Gasteiger partial charge is 0.265 e. The van der Waals surface area contributed by atoms with Crippen molar-refractivity contribution in [2.24, 2.45) is 0 Å². The molecule has 6 nitrogen and oxygen atoms in total. The number of amides is 2. The first-order valence-electron chi connectivity index (χ1n) is 9.67. The molecule has 0 fully saturated rings. The number of benzene rings is 2. The Morgan fingerprint density at radius 1 is 0.938 bits per heavy atom. The van der Waals surface area contributed by atoms with Gasteiger partial charge in [0, 0.05) is 23.5 Å². The molecule has 32 heavy (non-hydrogen) atoms. The van der Waals surface area contributed by atoms with E-state index in [2.05, 4.69) is 15.6 Å². The number of ether oxygens (including phenoxy) is 1. The van der Waals surface area contributed by atoms with Crippen LogP contribution in [-0.4, -0.2) is 16.8 Å². The van der Waals surface area contributed by atoms with Crippen LogP contribution >= 0.6 is 22.9 Å². The minimum atomic E-state index is -0.338. The fourth-order valence-electron chi connectivity index (χ4n) is 2.86. The van der Waals surface area contributed by atoms with Crippen LogP contribution in [0.25, 0.3) is 0 Å². The molecule has 8 heteroatoms. The molecular weight excluding hydrogens is 446 g/mol. The van der Waals surface area contributed by atoms with E-state index < -0.39 is 0 Å². The number of hydrogen-bond acceptors (Lipinski definition) is 5. The van der Waals surface area contributed by atoms with E-state index in [1.165, 1.54) is 11.3 Å². The molecule has 0 atom stereocenters. The Balaban J connectivity index is 1.43. The topological polar surface area (TPSA) is 80.3 Å². The number of nitrogens with one attached hydrogen (secondary N) is 2. The Morgan fingerprint density at radius 3 is 2.62 bits per heavy atom. The third-order valence-electron chi connectivity index (χ3n) is 4.43. The van der Waals surface area contributed by atoms with Crippen LogP contribution in [0, 0.1) is 0 Å². The molecule has 0 spiro atoms. The van der Waals surface area contributed by atoms with Gasteiger partial charge in [0.25, 0.3) is 11.8 Å². The van der Waals surface area contributed by atoms with Crippen molar-refractivity contribution in [1.29, 1.82) is 0 Å². The van der Waals surface area contributed by atoms with Gasteiger partial charge in [-0.2, -0.15) is 0 Å². The number of halogens is 1. The molecule has 160 valence electrons. The molecule has 0 unspecified atom stereocenters. The lowest BCUT2D eigenvalue weighted by Gasteiger charge is -2.11. The molecule has 0 aliphatic carbocycles. The molecule has 2 heterocycles. The summed E-state index contributed by atoms with van der Waals surface area (Å²) in [5.74, 6) is -0.0131. The lowest BCUT2D eigenvalue weighted by molar-refractivity contribution is 0.101. The number of carbonyl (C=O) groups excluding carboxylic acids is 2. The highest BCUT2D eigenvalue weighted by Crippen LogP contribution is 2.25. The molecule has 0 saturated carbocycles. The highest BCUT2D eigenvalue weighted by atomic mass is 35.5. The van der Waals surface area contributed by atoms with E-state index in [1.807, 2.05) is 23.6 Å². The minimum absolute atomic E-state index is 0.280. The van der Waals surface area contributed by atoms with Crippen molar-refractivity contribution in [2.45, 2.75) is 6.61 Å². The van der Waals surface area contributed by atoms with Crippen LogP contribution in [-0.2, 0) is 6.61 Å². The summed E-state index contributed by atoms with van der Waals surface area (Å²) in [7, 11) is 0. The molecule has 2 aromatic heterocycles. The molecule has 2 aromatic carbocycles. The molecule has 2 amide bonds. The van der Waals surface area contributed by atoms with Crippen LogP contribution in [0.3, 0.4) is 0 Å². The largest absolute Gasteiger partial charge is 0.487 e. The number of aromatic nitrogens is 1. The van der Waals surface area contributed by atoms with Gasteiger partial charge in [0.2, 0.25) is 0 Å². The van der Waals surface area contributed by atoms with E-state index in [-0.39, 0.29) is 11.8 Å². The van der Waals surface area contributed by atoms with E-state index >= 15 is 0 Å². The lowest BCUT2D eigenvalue weighted by Crippen LogP contribution is -2.14. The summed E-state index contributed by atoms with van der Waals surface area (Å²) in [5.41, 5.74) is 2.11. The molecule has 2 N–H and O–H groups in total. The molecule has 0 radical (unpaired) electrons. The zero-order valence-electron chi connectivity index (χ0n) is 16.7. The summed E-state index contributed by atoms with van der Waals surface area (Å²) >= 11 is 7.53.